The van der Waals surface area contributed by atoms with Crippen LogP contribution in [0.3, 0.4) is 0 Å². The van der Waals surface area contributed by atoms with Gasteiger partial charge in [-0.2, -0.15) is 4.79 Å². The lowest BCUT2D eigenvalue weighted by atomic mass is 10.2. The Morgan fingerprint density at radius 3 is 2.40 bits per heavy atom. The van der Waals surface area contributed by atoms with Gasteiger partial charge in [0.1, 0.15) is 0 Å². The molecular formula is C10H13N2O2P. The molecule has 0 fully saturated rings. The summed E-state index contributed by atoms with van der Waals surface area (Å²) in [7, 11) is -0.937. The second-order valence-corrected chi connectivity index (χ2v) is 4.93. The van der Waals surface area contributed by atoms with Gasteiger partial charge in [0.05, 0.1) is 6.61 Å². The van der Waals surface area contributed by atoms with Crippen LogP contribution in [0.15, 0.2) is 11.6 Å². The maximum atomic E-state index is 11.4. The van der Waals surface area contributed by atoms with E-state index in [1.807, 2.05) is 25.4 Å². The van der Waals surface area contributed by atoms with Gasteiger partial charge in [-0.15, -0.1) is 0 Å². The molecule has 5 heteroatoms. The average molecular weight is 224 g/mol. The zero-order chi connectivity index (χ0) is 11.4. The highest BCUT2D eigenvalue weighted by atomic mass is 31.1. The molecule has 1 rings (SSSR count). The summed E-state index contributed by atoms with van der Waals surface area (Å²) in [6.45, 7) is 5.94. The first-order valence-corrected chi connectivity index (χ1v) is 6.13. The molecule has 0 radical (unpaired) electrons. The Morgan fingerprint density at radius 2 is 2.00 bits per heavy atom. The largest absolute Gasteiger partial charge is 0.457 e. The summed E-state index contributed by atoms with van der Waals surface area (Å²) in [6, 6.07) is 0. The quantitative estimate of drug-likeness (QED) is 0.342. The zero-order valence-corrected chi connectivity index (χ0v) is 9.91. The van der Waals surface area contributed by atoms with Crippen molar-refractivity contribution in [2.45, 2.75) is 20.8 Å². The van der Waals surface area contributed by atoms with Crippen molar-refractivity contribution in [3.8, 4) is 0 Å². The lowest BCUT2D eigenvalue weighted by Gasteiger charge is -1.95. The van der Waals surface area contributed by atoms with Gasteiger partial charge < -0.3 is 10.3 Å². The molecule has 0 saturated carbocycles. The van der Waals surface area contributed by atoms with E-state index in [1.165, 1.54) is 0 Å². The third-order valence-electron chi connectivity index (χ3n) is 2.08. The number of esters is 1. The normalized spacial score (nSPS) is 9.53. The minimum absolute atomic E-state index is 0.100. The standard InChI is InChI=1S/C10H13N2O2P/c1-4-14-10(13)9(12-11)15-5-7(2)8(3)6-15/h5-6H,4H2,1-3H3. The van der Waals surface area contributed by atoms with Crippen molar-refractivity contribution in [2.75, 3.05) is 6.61 Å². The maximum absolute atomic E-state index is 11.4. The molecule has 0 N–H and O–H groups in total. The van der Waals surface area contributed by atoms with Crippen LogP contribution in [0.2, 0.25) is 0 Å². The Labute approximate surface area is 89.6 Å². The van der Waals surface area contributed by atoms with Crippen molar-refractivity contribution in [3.05, 3.63) is 28.3 Å². The van der Waals surface area contributed by atoms with Gasteiger partial charge >= 0.3 is 11.4 Å². The van der Waals surface area contributed by atoms with E-state index >= 15 is 0 Å². The summed E-state index contributed by atoms with van der Waals surface area (Å²) in [4.78, 5) is 14.5. The van der Waals surface area contributed by atoms with E-state index in [2.05, 4.69) is 4.79 Å². The zero-order valence-electron chi connectivity index (χ0n) is 9.02. The fourth-order valence-electron chi connectivity index (χ4n) is 1.17. The van der Waals surface area contributed by atoms with Crippen LogP contribution in [0.5, 0.6) is 0 Å². The smallest absolute Gasteiger partial charge is 0.426 e. The maximum Gasteiger partial charge on any atom is 0.426 e. The molecular weight excluding hydrogens is 211 g/mol. The fourth-order valence-corrected chi connectivity index (χ4v) is 3.11. The first-order valence-electron chi connectivity index (χ1n) is 4.64. The van der Waals surface area contributed by atoms with Gasteiger partial charge in [0.25, 0.3) is 0 Å². The van der Waals surface area contributed by atoms with E-state index in [4.69, 9.17) is 10.3 Å². The predicted octanol–water partition coefficient (Wildman–Crippen LogP) is 2.33. The monoisotopic (exact) mass is 224 g/mol. The number of carbonyl (C=O) groups excluding carboxylic acids is 1. The Morgan fingerprint density at radius 1 is 1.47 bits per heavy atom. The molecule has 1 aromatic rings. The van der Waals surface area contributed by atoms with Crippen molar-refractivity contribution in [2.24, 2.45) is 0 Å². The van der Waals surface area contributed by atoms with E-state index in [9.17, 15) is 4.79 Å². The predicted molar refractivity (Wildman–Crippen MR) is 59.3 cm³/mol. The fraction of sp³-hybridized carbons (Fsp3) is 0.400. The molecule has 1 heterocycles. The summed E-state index contributed by atoms with van der Waals surface area (Å²) in [5, 5.41) is 0. The van der Waals surface area contributed by atoms with Gasteiger partial charge in [-0.25, -0.2) is 4.79 Å². The highest BCUT2D eigenvalue weighted by Gasteiger charge is 2.24. The van der Waals surface area contributed by atoms with Crippen molar-refractivity contribution >= 4 is 19.0 Å². The Bertz CT molecular complexity index is 411. The lowest BCUT2D eigenvalue weighted by Crippen LogP contribution is -2.14. The van der Waals surface area contributed by atoms with Crippen LogP contribution in [0, 0.1) is 13.8 Å². The van der Waals surface area contributed by atoms with Crippen LogP contribution in [0.1, 0.15) is 18.1 Å². The summed E-state index contributed by atoms with van der Waals surface area (Å²) in [6.07, 6.45) is 0. The number of rotatable bonds is 3. The summed E-state index contributed by atoms with van der Waals surface area (Å²) in [5.74, 6) is 3.34. The molecule has 15 heavy (non-hydrogen) atoms. The number of carbonyl (C=O) groups is 1. The average Bonchev–Trinajstić information content (AvgIpc) is 2.48. The molecule has 0 aliphatic rings. The highest BCUT2D eigenvalue weighted by molar-refractivity contribution is 7.70. The van der Waals surface area contributed by atoms with Crippen LogP contribution in [0.4, 0.5) is 0 Å². The summed E-state index contributed by atoms with van der Waals surface area (Å²) < 4.78 is 4.81. The van der Waals surface area contributed by atoms with E-state index in [1.54, 1.807) is 6.92 Å². The molecule has 80 valence electrons. The van der Waals surface area contributed by atoms with Crippen LogP contribution < -0.4 is 0 Å². The number of hydrogen-bond acceptors (Lipinski definition) is 2. The van der Waals surface area contributed by atoms with Crippen molar-refractivity contribution in [1.29, 1.82) is 0 Å². The lowest BCUT2D eigenvalue weighted by molar-refractivity contribution is -0.138. The van der Waals surface area contributed by atoms with Crippen LogP contribution >= 0.6 is 7.53 Å². The van der Waals surface area contributed by atoms with Gasteiger partial charge in [-0.05, 0) is 43.5 Å². The first-order chi connectivity index (χ1) is 7.10. The first kappa shape index (κ1) is 11.7. The summed E-state index contributed by atoms with van der Waals surface area (Å²) >= 11 is 0. The number of nitrogens with zero attached hydrogens (tertiary/aromatic N) is 2. The van der Waals surface area contributed by atoms with Crippen LogP contribution in [-0.4, -0.2) is 22.8 Å². The van der Waals surface area contributed by atoms with Crippen molar-refractivity contribution in [3.63, 3.8) is 0 Å². The summed E-state index contributed by atoms with van der Waals surface area (Å²) in [5.41, 5.74) is 11.1. The highest BCUT2D eigenvalue weighted by Crippen LogP contribution is 2.33. The molecule has 0 aliphatic carbocycles. The third kappa shape index (κ3) is 2.56. The molecule has 0 atom stereocenters. The van der Waals surface area contributed by atoms with Gasteiger partial charge in [0.15, 0.2) is 0 Å². The van der Waals surface area contributed by atoms with E-state index in [-0.39, 0.29) is 12.1 Å². The molecule has 0 aromatic carbocycles. The number of hydrogen-bond donors (Lipinski definition) is 0. The molecule has 0 bridgehead atoms. The molecule has 0 spiro atoms. The Kier molecular flexibility index (Phi) is 3.84. The molecule has 0 unspecified atom stereocenters. The van der Waals surface area contributed by atoms with E-state index in [0.717, 1.165) is 11.1 Å². The topological polar surface area (TPSA) is 62.7 Å². The molecule has 0 aliphatic heterocycles. The Balaban J connectivity index is 3.04. The molecule has 1 aromatic heterocycles. The second kappa shape index (κ2) is 4.92. The molecule has 0 amide bonds. The number of ether oxygens (including phenoxy) is 1. The molecule has 0 saturated heterocycles. The molecule has 4 nitrogen and oxygen atoms in total. The van der Waals surface area contributed by atoms with E-state index in [0.29, 0.717) is 0 Å². The van der Waals surface area contributed by atoms with Gasteiger partial charge in [0, 0.05) is 7.53 Å². The van der Waals surface area contributed by atoms with Gasteiger partial charge in [-0.1, -0.05) is 0 Å². The third-order valence-corrected chi connectivity index (χ3v) is 4.18. The minimum Gasteiger partial charge on any atom is -0.457 e. The van der Waals surface area contributed by atoms with Gasteiger partial charge in [0.2, 0.25) is 0 Å². The van der Waals surface area contributed by atoms with Gasteiger partial charge in [-0.3, -0.25) is 0 Å². The number of aryl methyl sites for hydroxylation is 2. The SMILES string of the molecule is CCOC(=O)C(=[N+]=[N-])p1cc(C)c(C)c1. The second-order valence-electron chi connectivity index (χ2n) is 3.18. The Hall–Kier alpha value is -1.37. The van der Waals surface area contributed by atoms with Crippen LogP contribution in [-0.2, 0) is 9.53 Å². The minimum atomic E-state index is -0.937. The van der Waals surface area contributed by atoms with Crippen molar-refractivity contribution in [1.82, 2.24) is 0 Å². The van der Waals surface area contributed by atoms with Crippen molar-refractivity contribution < 1.29 is 14.3 Å². The van der Waals surface area contributed by atoms with Crippen LogP contribution in [0.25, 0.3) is 5.53 Å². The van der Waals surface area contributed by atoms with E-state index < -0.39 is 13.5 Å².